The molecule has 0 aliphatic heterocycles. The van der Waals surface area contributed by atoms with Crippen LogP contribution in [0, 0.1) is 0 Å². The summed E-state index contributed by atoms with van der Waals surface area (Å²) in [4.78, 5) is 24.4. The van der Waals surface area contributed by atoms with Gasteiger partial charge in [-0.05, 0) is 0 Å². The summed E-state index contributed by atoms with van der Waals surface area (Å²) in [6.07, 6.45) is 4.45. The molecule has 0 saturated heterocycles. The summed E-state index contributed by atoms with van der Waals surface area (Å²) in [7, 11) is 0. The van der Waals surface area contributed by atoms with Gasteiger partial charge in [-0.15, -0.1) is 0 Å². The van der Waals surface area contributed by atoms with Crippen LogP contribution < -0.4 is 5.69 Å². The van der Waals surface area contributed by atoms with Gasteiger partial charge in [-0.3, -0.25) is 4.98 Å². The molecule has 0 spiro atoms. The average Bonchev–Trinajstić information content (AvgIpc) is 2.04. The van der Waals surface area contributed by atoms with E-state index in [0.717, 1.165) is 0 Å². The smallest absolute Gasteiger partial charge is 0.289 e. The molecule has 6 heteroatoms. The van der Waals surface area contributed by atoms with Crippen molar-refractivity contribution in [3.63, 3.8) is 0 Å². The maximum absolute atomic E-state index is 10.6. The zero-order valence-electron chi connectivity index (χ0n) is 6.48. The first kappa shape index (κ1) is 9.31. The van der Waals surface area contributed by atoms with E-state index in [1.165, 1.54) is 12.4 Å². The number of aromatic nitrogens is 4. The molecule has 55 valence electrons. The molecule has 2 aromatic heterocycles. The van der Waals surface area contributed by atoms with E-state index in [-0.39, 0.29) is 29.6 Å². The number of hydrogen-bond donors (Lipinski definition) is 1. The van der Waals surface area contributed by atoms with Crippen molar-refractivity contribution in [1.82, 2.24) is 19.9 Å². The number of fused-ring (bicyclic) bond motifs is 1. The molecule has 0 aliphatic carbocycles. The van der Waals surface area contributed by atoms with E-state index in [1.807, 2.05) is 0 Å². The van der Waals surface area contributed by atoms with Crippen molar-refractivity contribution in [3.05, 3.63) is 29.1 Å². The Morgan fingerprint density at radius 3 is 2.75 bits per heavy atom. The van der Waals surface area contributed by atoms with Crippen molar-refractivity contribution in [2.45, 2.75) is 0 Å². The van der Waals surface area contributed by atoms with Gasteiger partial charge in [0.1, 0.15) is 5.52 Å². The van der Waals surface area contributed by atoms with Crippen LogP contribution >= 0.6 is 0 Å². The number of aromatic amines is 1. The van der Waals surface area contributed by atoms with E-state index < -0.39 is 5.69 Å². The average molecular weight is 171 g/mol. The van der Waals surface area contributed by atoms with Gasteiger partial charge in [0.25, 0.3) is 0 Å². The predicted octanol–water partition coefficient (Wildman–Crippen LogP) is -0.668. The van der Waals surface area contributed by atoms with Gasteiger partial charge >= 0.3 is 5.69 Å². The summed E-state index contributed by atoms with van der Waals surface area (Å²) in [5, 5.41) is 0. The molecule has 0 amide bonds. The van der Waals surface area contributed by atoms with Crippen LogP contribution in [0.25, 0.3) is 11.2 Å². The minimum absolute atomic E-state index is 0. The van der Waals surface area contributed by atoms with E-state index in [0.29, 0.717) is 11.2 Å². The molecular weight excluding hydrogens is 167 g/mol. The number of nitrogens with zero attached hydrogens (tertiary/aromatic N) is 3. The minimum atomic E-state index is -0.405. The number of nitrogens with one attached hydrogen (secondary N) is 1. The van der Waals surface area contributed by atoms with Crippen LogP contribution in [0.1, 0.15) is 0 Å². The third kappa shape index (κ3) is 1.69. The Hall–Kier alpha value is -0.780. The standard InChI is InChI=1S/C6H4N4O.Na/c11-6-9-3-4-5(10-6)8-2-1-7-4;/h1-3H,(H,8,9,10,11);. The SMILES string of the molecule is O=c1ncc2nccnc2[nH]1.[Na]. The fraction of sp³-hybridized carbons (Fsp3) is 0. The molecule has 0 aromatic carbocycles. The molecule has 0 unspecified atom stereocenters. The van der Waals surface area contributed by atoms with Crippen LogP contribution in [0.3, 0.4) is 0 Å². The maximum atomic E-state index is 10.6. The van der Waals surface area contributed by atoms with Crippen molar-refractivity contribution in [1.29, 1.82) is 0 Å². The van der Waals surface area contributed by atoms with Crippen molar-refractivity contribution >= 4 is 40.7 Å². The zero-order valence-corrected chi connectivity index (χ0v) is 8.48. The minimum Gasteiger partial charge on any atom is -0.289 e. The van der Waals surface area contributed by atoms with Crippen molar-refractivity contribution in [2.24, 2.45) is 0 Å². The summed E-state index contributed by atoms with van der Waals surface area (Å²) in [5.41, 5.74) is 0.651. The van der Waals surface area contributed by atoms with Gasteiger partial charge in [-0.2, -0.15) is 4.98 Å². The molecule has 1 radical (unpaired) electrons. The third-order valence-corrected chi connectivity index (χ3v) is 1.26. The van der Waals surface area contributed by atoms with E-state index in [1.54, 1.807) is 6.20 Å². The largest absolute Gasteiger partial charge is 0.346 e. The first-order valence-electron chi connectivity index (χ1n) is 3.02. The molecule has 0 fully saturated rings. The number of H-pyrrole nitrogens is 1. The maximum Gasteiger partial charge on any atom is 0.346 e. The van der Waals surface area contributed by atoms with E-state index in [4.69, 9.17) is 0 Å². The second kappa shape index (κ2) is 3.75. The quantitative estimate of drug-likeness (QED) is 0.534. The molecule has 1 N–H and O–H groups in total. The molecule has 2 heterocycles. The van der Waals surface area contributed by atoms with Gasteiger partial charge in [-0.1, -0.05) is 0 Å². The fourth-order valence-corrected chi connectivity index (χ4v) is 0.793. The first-order valence-corrected chi connectivity index (χ1v) is 3.02. The van der Waals surface area contributed by atoms with E-state index in [2.05, 4.69) is 19.9 Å². The fourth-order valence-electron chi connectivity index (χ4n) is 0.793. The molecular formula is C6H4N4NaO. The van der Waals surface area contributed by atoms with Crippen LogP contribution in [0.4, 0.5) is 0 Å². The number of hydrogen-bond acceptors (Lipinski definition) is 4. The monoisotopic (exact) mass is 171 g/mol. The molecule has 2 aromatic rings. The van der Waals surface area contributed by atoms with Crippen LogP contribution in [0.15, 0.2) is 23.4 Å². The predicted molar refractivity (Wildman–Crippen MR) is 43.7 cm³/mol. The van der Waals surface area contributed by atoms with Gasteiger partial charge in [0.2, 0.25) is 0 Å². The second-order valence-electron chi connectivity index (χ2n) is 1.98. The Bertz CT molecular complexity index is 440. The zero-order chi connectivity index (χ0) is 7.68. The van der Waals surface area contributed by atoms with Gasteiger partial charge in [-0.25, -0.2) is 14.8 Å². The molecule has 0 atom stereocenters. The van der Waals surface area contributed by atoms with Crippen molar-refractivity contribution in [3.8, 4) is 0 Å². The molecule has 0 aliphatic rings. The summed E-state index contributed by atoms with van der Waals surface area (Å²) in [5.74, 6) is 0. The number of rotatable bonds is 0. The van der Waals surface area contributed by atoms with Crippen molar-refractivity contribution < 1.29 is 0 Å². The third-order valence-electron chi connectivity index (χ3n) is 1.26. The van der Waals surface area contributed by atoms with Gasteiger partial charge in [0.15, 0.2) is 5.65 Å². The molecule has 5 nitrogen and oxygen atoms in total. The molecule has 2 rings (SSSR count). The van der Waals surface area contributed by atoms with Crippen LogP contribution in [0.2, 0.25) is 0 Å². The summed E-state index contributed by atoms with van der Waals surface area (Å²) < 4.78 is 0. The molecule has 12 heavy (non-hydrogen) atoms. The summed E-state index contributed by atoms with van der Waals surface area (Å²) >= 11 is 0. The Morgan fingerprint density at radius 2 is 1.92 bits per heavy atom. The Balaban J connectivity index is 0.000000720. The Kier molecular flexibility index (Phi) is 2.91. The van der Waals surface area contributed by atoms with Gasteiger partial charge in [0.05, 0.1) is 6.20 Å². The topological polar surface area (TPSA) is 71.5 Å². The normalized spacial score (nSPS) is 9.33. The van der Waals surface area contributed by atoms with Crippen LogP contribution in [-0.4, -0.2) is 49.5 Å². The van der Waals surface area contributed by atoms with E-state index in [9.17, 15) is 4.79 Å². The molecule has 0 bridgehead atoms. The van der Waals surface area contributed by atoms with E-state index >= 15 is 0 Å². The van der Waals surface area contributed by atoms with Crippen LogP contribution in [-0.2, 0) is 0 Å². The molecule has 0 saturated carbocycles. The second-order valence-corrected chi connectivity index (χ2v) is 1.98. The first-order chi connectivity index (χ1) is 5.36. The van der Waals surface area contributed by atoms with Crippen molar-refractivity contribution in [2.75, 3.05) is 0 Å². The van der Waals surface area contributed by atoms with Gasteiger partial charge < -0.3 is 0 Å². The van der Waals surface area contributed by atoms with Gasteiger partial charge in [0, 0.05) is 42.0 Å². The summed E-state index contributed by atoms with van der Waals surface area (Å²) in [6, 6.07) is 0. The Morgan fingerprint density at radius 1 is 1.17 bits per heavy atom. The summed E-state index contributed by atoms with van der Waals surface area (Å²) in [6.45, 7) is 0. The Labute approximate surface area is 89.6 Å². The van der Waals surface area contributed by atoms with Crippen LogP contribution in [0.5, 0.6) is 0 Å².